The van der Waals surface area contributed by atoms with Gasteiger partial charge in [0.2, 0.25) is 0 Å². The molecule has 0 aliphatic heterocycles. The lowest BCUT2D eigenvalue weighted by molar-refractivity contribution is -0.146. The number of carbonyl (C=O) groups excluding carboxylic acids is 1. The molecule has 1 aliphatic carbocycles. The SMILES string of the molecule is CCOC(=O)C1(c2ccc(-c3ccc(-c4oncc4CC(C)CCc4cccc(F)c4)cc3)cc2)CC1. The van der Waals surface area contributed by atoms with Crippen molar-refractivity contribution in [2.75, 3.05) is 6.61 Å². The number of aryl methyl sites for hydroxylation is 1. The summed E-state index contributed by atoms with van der Waals surface area (Å²) in [6, 6.07) is 23.4. The fourth-order valence-corrected chi connectivity index (χ4v) is 5.03. The monoisotopic (exact) mass is 497 g/mol. The molecule has 1 atom stereocenters. The van der Waals surface area contributed by atoms with Crippen LogP contribution in [-0.4, -0.2) is 17.7 Å². The largest absolute Gasteiger partial charge is 0.465 e. The number of esters is 1. The molecule has 3 aromatic carbocycles. The van der Waals surface area contributed by atoms with Gasteiger partial charge in [-0.1, -0.05) is 72.7 Å². The van der Waals surface area contributed by atoms with E-state index in [9.17, 15) is 9.18 Å². The molecule has 1 heterocycles. The molecule has 1 aliphatic rings. The van der Waals surface area contributed by atoms with Crippen molar-refractivity contribution < 1.29 is 18.4 Å². The average molecular weight is 498 g/mol. The minimum absolute atomic E-state index is 0.113. The average Bonchev–Trinajstić information content (AvgIpc) is 3.61. The van der Waals surface area contributed by atoms with Gasteiger partial charge < -0.3 is 9.26 Å². The maximum atomic E-state index is 13.5. The molecule has 1 fully saturated rings. The third-order valence-corrected chi connectivity index (χ3v) is 7.36. The van der Waals surface area contributed by atoms with Crippen molar-refractivity contribution in [1.29, 1.82) is 0 Å². The Kier molecular flexibility index (Phi) is 7.22. The van der Waals surface area contributed by atoms with Crippen LogP contribution in [0.3, 0.4) is 0 Å². The molecule has 0 bridgehead atoms. The lowest BCUT2D eigenvalue weighted by Gasteiger charge is -2.14. The molecule has 4 aromatic rings. The molecule has 0 radical (unpaired) electrons. The maximum absolute atomic E-state index is 13.5. The van der Waals surface area contributed by atoms with Crippen LogP contribution < -0.4 is 0 Å². The number of aromatic nitrogens is 1. The van der Waals surface area contributed by atoms with E-state index in [1.54, 1.807) is 18.3 Å². The van der Waals surface area contributed by atoms with E-state index >= 15 is 0 Å². The first kappa shape index (κ1) is 24.9. The molecule has 0 N–H and O–H groups in total. The normalized spacial score (nSPS) is 14.8. The molecule has 1 saturated carbocycles. The van der Waals surface area contributed by atoms with Crippen molar-refractivity contribution in [3.8, 4) is 22.5 Å². The van der Waals surface area contributed by atoms with Gasteiger partial charge in [-0.2, -0.15) is 0 Å². The Hall–Kier alpha value is -3.73. The molecule has 0 spiro atoms. The fraction of sp³-hybridized carbons (Fsp3) is 0.312. The summed E-state index contributed by atoms with van der Waals surface area (Å²) in [6.45, 7) is 4.46. The van der Waals surface area contributed by atoms with Crippen LogP contribution in [-0.2, 0) is 27.8 Å². The van der Waals surface area contributed by atoms with Crippen molar-refractivity contribution in [1.82, 2.24) is 5.16 Å². The second-order valence-electron chi connectivity index (χ2n) is 10.1. The van der Waals surface area contributed by atoms with Crippen molar-refractivity contribution in [3.05, 3.63) is 102 Å². The first-order chi connectivity index (χ1) is 18.0. The zero-order valence-electron chi connectivity index (χ0n) is 21.4. The molecule has 0 saturated heterocycles. The van der Waals surface area contributed by atoms with Gasteiger partial charge in [-0.3, -0.25) is 4.79 Å². The quantitative estimate of drug-likeness (QED) is 0.212. The van der Waals surface area contributed by atoms with E-state index in [2.05, 4.69) is 48.5 Å². The molecule has 5 rings (SSSR count). The number of carbonyl (C=O) groups is 1. The molecular weight excluding hydrogens is 465 g/mol. The first-order valence-corrected chi connectivity index (χ1v) is 13.0. The van der Waals surface area contributed by atoms with Crippen LogP contribution in [0.2, 0.25) is 0 Å². The minimum atomic E-state index is -0.449. The Morgan fingerprint density at radius 3 is 2.35 bits per heavy atom. The second kappa shape index (κ2) is 10.7. The second-order valence-corrected chi connectivity index (χ2v) is 10.1. The number of benzene rings is 3. The number of hydrogen-bond acceptors (Lipinski definition) is 4. The van der Waals surface area contributed by atoms with Crippen LogP contribution in [0.4, 0.5) is 4.39 Å². The van der Waals surface area contributed by atoms with E-state index in [4.69, 9.17) is 9.26 Å². The Morgan fingerprint density at radius 2 is 1.70 bits per heavy atom. The third-order valence-electron chi connectivity index (χ3n) is 7.36. The molecule has 37 heavy (non-hydrogen) atoms. The lowest BCUT2D eigenvalue weighted by Crippen LogP contribution is -2.23. The predicted octanol–water partition coefficient (Wildman–Crippen LogP) is 7.55. The molecule has 0 amide bonds. The Balaban J connectivity index is 1.24. The summed E-state index contributed by atoms with van der Waals surface area (Å²) < 4.78 is 24.4. The van der Waals surface area contributed by atoms with E-state index < -0.39 is 5.41 Å². The highest BCUT2D eigenvalue weighted by Gasteiger charge is 2.52. The zero-order chi connectivity index (χ0) is 25.8. The van der Waals surface area contributed by atoms with E-state index in [1.165, 1.54) is 6.07 Å². The van der Waals surface area contributed by atoms with E-state index in [-0.39, 0.29) is 11.8 Å². The Bertz CT molecular complexity index is 1350. The van der Waals surface area contributed by atoms with Gasteiger partial charge >= 0.3 is 5.97 Å². The van der Waals surface area contributed by atoms with Crippen LogP contribution in [0.1, 0.15) is 49.8 Å². The number of halogens is 1. The van der Waals surface area contributed by atoms with Crippen LogP contribution in [0.25, 0.3) is 22.5 Å². The molecule has 190 valence electrons. The number of nitrogens with zero attached hydrogens (tertiary/aromatic N) is 1. The topological polar surface area (TPSA) is 52.3 Å². The smallest absolute Gasteiger partial charge is 0.316 e. The maximum Gasteiger partial charge on any atom is 0.316 e. The van der Waals surface area contributed by atoms with Crippen molar-refractivity contribution in [2.24, 2.45) is 5.92 Å². The predicted molar refractivity (Wildman–Crippen MR) is 143 cm³/mol. The van der Waals surface area contributed by atoms with Gasteiger partial charge in [0.25, 0.3) is 0 Å². The van der Waals surface area contributed by atoms with Gasteiger partial charge in [0.15, 0.2) is 5.76 Å². The fourth-order valence-electron chi connectivity index (χ4n) is 5.03. The van der Waals surface area contributed by atoms with Gasteiger partial charge in [-0.25, -0.2) is 4.39 Å². The van der Waals surface area contributed by atoms with Crippen molar-refractivity contribution in [2.45, 2.75) is 51.4 Å². The number of rotatable bonds is 10. The number of hydrogen-bond donors (Lipinski definition) is 0. The standard InChI is InChI=1S/C32H32FNO3/c1-3-36-31(35)32(17-18-32)28-15-13-25(14-16-28)24-9-11-26(12-10-24)30-27(21-34-37-30)19-22(2)7-8-23-5-4-6-29(33)20-23/h4-6,9-16,20-22H,3,7-8,17-19H2,1-2H3. The van der Waals surface area contributed by atoms with Crippen LogP contribution in [0.5, 0.6) is 0 Å². The molecule has 1 aromatic heterocycles. The van der Waals surface area contributed by atoms with Gasteiger partial charge in [0, 0.05) is 11.1 Å². The van der Waals surface area contributed by atoms with Crippen molar-refractivity contribution in [3.63, 3.8) is 0 Å². The zero-order valence-corrected chi connectivity index (χ0v) is 21.4. The molecule has 1 unspecified atom stereocenters. The molecule has 5 heteroatoms. The third kappa shape index (κ3) is 5.51. The van der Waals surface area contributed by atoms with Gasteiger partial charge in [0.05, 0.1) is 18.2 Å². The highest BCUT2D eigenvalue weighted by atomic mass is 19.1. The summed E-state index contributed by atoms with van der Waals surface area (Å²) in [7, 11) is 0. The summed E-state index contributed by atoms with van der Waals surface area (Å²) in [5.41, 5.74) is 5.87. The van der Waals surface area contributed by atoms with Gasteiger partial charge in [-0.05, 0) is 79.3 Å². The van der Waals surface area contributed by atoms with Gasteiger partial charge in [-0.15, -0.1) is 0 Å². The van der Waals surface area contributed by atoms with Crippen LogP contribution in [0.15, 0.2) is 83.5 Å². The summed E-state index contributed by atoms with van der Waals surface area (Å²) in [5.74, 6) is 0.904. The summed E-state index contributed by atoms with van der Waals surface area (Å²) in [5, 5.41) is 4.07. The van der Waals surface area contributed by atoms with E-state index in [0.29, 0.717) is 12.5 Å². The molecular formula is C32H32FNO3. The van der Waals surface area contributed by atoms with E-state index in [1.807, 2.05) is 25.1 Å². The van der Waals surface area contributed by atoms with Crippen molar-refractivity contribution >= 4 is 5.97 Å². The summed E-state index contributed by atoms with van der Waals surface area (Å²) >= 11 is 0. The Labute approximate surface area is 217 Å². The summed E-state index contributed by atoms with van der Waals surface area (Å²) in [6.07, 6.45) is 6.15. The minimum Gasteiger partial charge on any atom is -0.465 e. The highest BCUT2D eigenvalue weighted by molar-refractivity contribution is 5.87. The van der Waals surface area contributed by atoms with Crippen LogP contribution >= 0.6 is 0 Å². The highest BCUT2D eigenvalue weighted by Crippen LogP contribution is 2.49. The summed E-state index contributed by atoms with van der Waals surface area (Å²) in [4.78, 5) is 12.4. The van der Waals surface area contributed by atoms with E-state index in [0.717, 1.165) is 71.2 Å². The molecule has 4 nitrogen and oxygen atoms in total. The van der Waals surface area contributed by atoms with Gasteiger partial charge in [0.1, 0.15) is 5.82 Å². The number of ether oxygens (including phenoxy) is 1. The lowest BCUT2D eigenvalue weighted by atomic mass is 9.92. The van der Waals surface area contributed by atoms with Crippen LogP contribution in [0, 0.1) is 11.7 Å². The first-order valence-electron chi connectivity index (χ1n) is 13.0. The Morgan fingerprint density at radius 1 is 1.03 bits per heavy atom.